The van der Waals surface area contributed by atoms with Crippen LogP contribution in [-0.2, 0) is 25.7 Å². The Hall–Kier alpha value is -2.86. The number of allylic oxidation sites excluding steroid dienone is 2. The molecule has 3 aromatic carbocycles. The fraction of sp³-hybridized carbons (Fsp3) is 0.154. The Morgan fingerprint density at radius 1 is 0.615 bits per heavy atom. The summed E-state index contributed by atoms with van der Waals surface area (Å²) in [5, 5.41) is 0. The van der Waals surface area contributed by atoms with Crippen molar-refractivity contribution in [3.8, 4) is 0 Å². The topological polar surface area (TPSA) is 0 Å². The highest BCUT2D eigenvalue weighted by molar-refractivity contribution is 5.97. The van der Waals surface area contributed by atoms with Crippen molar-refractivity contribution in [2.75, 3.05) is 0 Å². The predicted octanol–water partition coefficient (Wildman–Crippen LogP) is 6.14. The molecule has 0 N–H and O–H groups in total. The number of benzene rings is 3. The van der Waals surface area contributed by atoms with Crippen LogP contribution in [0.2, 0.25) is 0 Å². The van der Waals surface area contributed by atoms with Crippen molar-refractivity contribution in [2.45, 2.75) is 25.7 Å². The van der Waals surface area contributed by atoms with Crippen LogP contribution in [0.5, 0.6) is 0 Å². The molecule has 0 fully saturated rings. The number of hydrogen-bond acceptors (Lipinski definition) is 0. The Bertz CT molecular complexity index is 1020. The summed E-state index contributed by atoms with van der Waals surface area (Å²) in [4.78, 5) is 0. The van der Waals surface area contributed by atoms with E-state index in [1.165, 1.54) is 44.5 Å². The van der Waals surface area contributed by atoms with Crippen LogP contribution in [0.15, 0.2) is 72.8 Å². The van der Waals surface area contributed by atoms with Gasteiger partial charge in [-0.15, -0.1) is 0 Å². The molecule has 0 saturated carbocycles. The maximum absolute atomic E-state index is 2.41. The lowest BCUT2D eigenvalue weighted by Gasteiger charge is -2.13. The molecule has 0 aliphatic heterocycles. The second-order valence-electron chi connectivity index (χ2n) is 7.37. The molecule has 26 heavy (non-hydrogen) atoms. The molecule has 8 rings (SSSR count). The third kappa shape index (κ3) is 2.93. The van der Waals surface area contributed by atoms with E-state index >= 15 is 0 Å². The lowest BCUT2D eigenvalue weighted by molar-refractivity contribution is 0.919. The molecule has 0 nitrogen and oxygen atoms in total. The summed E-state index contributed by atoms with van der Waals surface area (Å²) in [7, 11) is 0. The van der Waals surface area contributed by atoms with Crippen LogP contribution < -0.4 is 0 Å². The molecule has 0 heterocycles. The van der Waals surface area contributed by atoms with Gasteiger partial charge in [0.15, 0.2) is 0 Å². The summed E-state index contributed by atoms with van der Waals surface area (Å²) >= 11 is 0. The molecule has 0 atom stereocenters. The quantitative estimate of drug-likeness (QED) is 0.501. The summed E-state index contributed by atoms with van der Waals surface area (Å²) in [6.45, 7) is 0. The average Bonchev–Trinajstić information content (AvgIpc) is 3.08. The Labute approximate surface area is 155 Å². The summed E-state index contributed by atoms with van der Waals surface area (Å²) in [5.41, 5.74) is 11.1. The van der Waals surface area contributed by atoms with E-state index < -0.39 is 0 Å². The van der Waals surface area contributed by atoms with E-state index in [1.807, 2.05) is 0 Å². The number of aryl methyl sites for hydroxylation is 4. The fourth-order valence-corrected chi connectivity index (χ4v) is 4.07. The highest BCUT2D eigenvalue weighted by Gasteiger charge is 2.12. The minimum Gasteiger partial charge on any atom is -0.0616 e. The van der Waals surface area contributed by atoms with Gasteiger partial charge in [0.1, 0.15) is 0 Å². The van der Waals surface area contributed by atoms with Gasteiger partial charge < -0.3 is 0 Å². The van der Waals surface area contributed by atoms with Crippen LogP contribution in [0.4, 0.5) is 0 Å². The number of rotatable bonds is 1. The van der Waals surface area contributed by atoms with E-state index in [2.05, 4.69) is 85.0 Å². The molecule has 0 unspecified atom stereocenters. The minimum absolute atomic E-state index is 1.09. The van der Waals surface area contributed by atoms with Gasteiger partial charge in [-0.2, -0.15) is 0 Å². The van der Waals surface area contributed by atoms with Crippen molar-refractivity contribution < 1.29 is 0 Å². The smallest absolute Gasteiger partial charge is 0.0111 e. The van der Waals surface area contributed by atoms with Crippen molar-refractivity contribution >= 4 is 17.7 Å². The van der Waals surface area contributed by atoms with Crippen LogP contribution >= 0.6 is 0 Å². The first-order valence-electron chi connectivity index (χ1n) is 9.54. The van der Waals surface area contributed by atoms with Crippen molar-refractivity contribution in [1.29, 1.82) is 0 Å². The Morgan fingerprint density at radius 3 is 2.15 bits per heavy atom. The Kier molecular flexibility index (Phi) is 3.83. The molecule has 0 radical (unpaired) electrons. The van der Waals surface area contributed by atoms with E-state index in [4.69, 9.17) is 0 Å². The first kappa shape index (κ1) is 15.4. The maximum Gasteiger partial charge on any atom is -0.0111 e. The van der Waals surface area contributed by atoms with E-state index in [0.717, 1.165) is 25.7 Å². The molecule has 5 aliphatic carbocycles. The van der Waals surface area contributed by atoms with Gasteiger partial charge in [0.05, 0.1) is 0 Å². The summed E-state index contributed by atoms with van der Waals surface area (Å²) in [5.74, 6) is 0. The molecule has 5 aliphatic rings. The molecule has 0 heteroatoms. The molecule has 0 aromatic heterocycles. The molecule has 0 saturated heterocycles. The summed E-state index contributed by atoms with van der Waals surface area (Å²) < 4.78 is 0. The van der Waals surface area contributed by atoms with Crippen LogP contribution in [-0.4, -0.2) is 0 Å². The first-order chi connectivity index (χ1) is 12.8. The molecule has 3 aromatic rings. The van der Waals surface area contributed by atoms with E-state index in [0.29, 0.717) is 0 Å². The summed E-state index contributed by atoms with van der Waals surface area (Å²) in [6, 6.07) is 24.9. The SMILES string of the molecule is C1=Cc2ccccc2/C1=C/c1cc2ccc1CCc1ccc(cc1)CC2. The normalized spacial score (nSPS) is 16.5. The highest BCUT2D eigenvalue weighted by Crippen LogP contribution is 2.32. The molecule has 4 bridgehead atoms. The van der Waals surface area contributed by atoms with E-state index in [-0.39, 0.29) is 0 Å². The van der Waals surface area contributed by atoms with Crippen molar-refractivity contribution in [1.82, 2.24) is 0 Å². The average molecular weight is 334 g/mol. The van der Waals surface area contributed by atoms with Crippen molar-refractivity contribution in [3.05, 3.63) is 112 Å². The highest BCUT2D eigenvalue weighted by atomic mass is 14.2. The monoisotopic (exact) mass is 334 g/mol. The fourth-order valence-electron chi connectivity index (χ4n) is 4.07. The zero-order valence-electron chi connectivity index (χ0n) is 14.9. The Balaban J connectivity index is 1.56. The molecule has 0 spiro atoms. The molecule has 126 valence electrons. The van der Waals surface area contributed by atoms with Crippen LogP contribution in [0, 0.1) is 0 Å². The largest absolute Gasteiger partial charge is 0.0616 e. The minimum atomic E-state index is 1.09. The van der Waals surface area contributed by atoms with Crippen LogP contribution in [0.25, 0.3) is 17.7 Å². The lowest BCUT2D eigenvalue weighted by Crippen LogP contribution is -2.00. The second-order valence-corrected chi connectivity index (χ2v) is 7.37. The van der Waals surface area contributed by atoms with Gasteiger partial charge in [-0.1, -0.05) is 78.9 Å². The molecular formula is C26H22. The van der Waals surface area contributed by atoms with Gasteiger partial charge in [0, 0.05) is 0 Å². The summed E-state index contributed by atoms with van der Waals surface area (Å²) in [6.07, 6.45) is 11.3. The van der Waals surface area contributed by atoms with Gasteiger partial charge in [-0.05, 0) is 76.3 Å². The van der Waals surface area contributed by atoms with Crippen LogP contribution in [0.1, 0.15) is 38.9 Å². The predicted molar refractivity (Wildman–Crippen MR) is 111 cm³/mol. The lowest BCUT2D eigenvalue weighted by atomic mass is 9.92. The molecular weight excluding hydrogens is 312 g/mol. The molecule has 0 amide bonds. The zero-order chi connectivity index (χ0) is 17.3. The van der Waals surface area contributed by atoms with Gasteiger partial charge in [-0.25, -0.2) is 0 Å². The van der Waals surface area contributed by atoms with E-state index in [1.54, 1.807) is 0 Å². The third-order valence-electron chi connectivity index (χ3n) is 5.64. The van der Waals surface area contributed by atoms with Gasteiger partial charge in [0.2, 0.25) is 0 Å². The third-order valence-corrected chi connectivity index (χ3v) is 5.64. The number of fused-ring (bicyclic) bond motifs is 1. The van der Waals surface area contributed by atoms with Gasteiger partial charge in [0.25, 0.3) is 0 Å². The first-order valence-corrected chi connectivity index (χ1v) is 9.54. The standard InChI is InChI=1S/C26H22/c1-2-4-26-23(3-1)15-16-24(26)18-25-17-21-10-9-19-5-7-20(8-6-19)11-13-22(25)14-12-21/h1-8,12,14-18H,9-11,13H2/b24-18+. The van der Waals surface area contributed by atoms with Crippen LogP contribution in [0.3, 0.4) is 0 Å². The zero-order valence-corrected chi connectivity index (χ0v) is 14.9. The van der Waals surface area contributed by atoms with Crippen molar-refractivity contribution in [3.63, 3.8) is 0 Å². The number of hydrogen-bond donors (Lipinski definition) is 0. The maximum atomic E-state index is 2.41. The Morgan fingerprint density at radius 2 is 1.31 bits per heavy atom. The van der Waals surface area contributed by atoms with E-state index in [9.17, 15) is 0 Å². The van der Waals surface area contributed by atoms with Gasteiger partial charge >= 0.3 is 0 Å². The van der Waals surface area contributed by atoms with Gasteiger partial charge in [-0.3, -0.25) is 0 Å². The second kappa shape index (κ2) is 6.46. The van der Waals surface area contributed by atoms with Crippen molar-refractivity contribution in [2.24, 2.45) is 0 Å².